The molecule has 0 aliphatic carbocycles. The van der Waals surface area contributed by atoms with Crippen LogP contribution in [-0.2, 0) is 10.0 Å². The van der Waals surface area contributed by atoms with Gasteiger partial charge in [0, 0.05) is 25.2 Å². The van der Waals surface area contributed by atoms with Crippen molar-refractivity contribution >= 4 is 10.0 Å². The van der Waals surface area contributed by atoms with Gasteiger partial charge in [-0.15, -0.1) is 0 Å². The number of hydrogen-bond donors (Lipinski definition) is 0. The Balaban J connectivity index is 4.99. The highest BCUT2D eigenvalue weighted by Gasteiger charge is 2.35. The fraction of sp³-hybridized carbons (Fsp3) is 1.00. The molecule has 0 fully saturated rings. The van der Waals surface area contributed by atoms with Gasteiger partial charge in [0.15, 0.2) is 0 Å². The van der Waals surface area contributed by atoms with Crippen molar-refractivity contribution in [3.8, 4) is 0 Å². The zero-order valence-corrected chi connectivity index (χ0v) is 15.4. The van der Waals surface area contributed by atoms with Crippen molar-refractivity contribution in [2.24, 2.45) is 5.92 Å². The minimum Gasteiger partial charge on any atom is -0.304 e. The van der Waals surface area contributed by atoms with Crippen LogP contribution >= 0.6 is 0 Å². The molecule has 0 spiro atoms. The van der Waals surface area contributed by atoms with Gasteiger partial charge in [-0.2, -0.15) is 4.31 Å². The van der Waals surface area contributed by atoms with E-state index in [2.05, 4.69) is 46.6 Å². The Kier molecular flexibility index (Phi) is 7.71. The molecule has 122 valence electrons. The third-order valence-electron chi connectivity index (χ3n) is 4.75. The molecule has 0 saturated heterocycles. The molecule has 0 saturated carbocycles. The predicted molar refractivity (Wildman–Crippen MR) is 87.5 cm³/mol. The van der Waals surface area contributed by atoms with E-state index in [1.54, 1.807) is 11.4 Å². The maximum atomic E-state index is 11.9. The Morgan fingerprint density at radius 1 is 1.15 bits per heavy atom. The lowest BCUT2D eigenvalue weighted by molar-refractivity contribution is 0.146. The lowest BCUT2D eigenvalue weighted by atomic mass is 9.85. The molecule has 2 atom stereocenters. The van der Waals surface area contributed by atoms with Crippen molar-refractivity contribution in [3.63, 3.8) is 0 Å². The van der Waals surface area contributed by atoms with Crippen LogP contribution in [0.2, 0.25) is 0 Å². The fourth-order valence-electron chi connectivity index (χ4n) is 2.47. The summed E-state index contributed by atoms with van der Waals surface area (Å²) in [6.07, 6.45) is 4.10. The van der Waals surface area contributed by atoms with Crippen molar-refractivity contribution in [2.45, 2.75) is 65.5 Å². The van der Waals surface area contributed by atoms with E-state index in [0.717, 1.165) is 25.8 Å². The van der Waals surface area contributed by atoms with Crippen molar-refractivity contribution < 1.29 is 8.42 Å². The van der Waals surface area contributed by atoms with Crippen LogP contribution in [0.1, 0.15) is 53.9 Å². The highest BCUT2D eigenvalue weighted by molar-refractivity contribution is 7.88. The number of sulfonamides is 1. The van der Waals surface area contributed by atoms with E-state index in [1.165, 1.54) is 6.26 Å². The molecule has 0 aromatic carbocycles. The Labute approximate surface area is 126 Å². The second kappa shape index (κ2) is 7.76. The van der Waals surface area contributed by atoms with E-state index >= 15 is 0 Å². The largest absolute Gasteiger partial charge is 0.304 e. The second-order valence-electron chi connectivity index (χ2n) is 6.59. The molecule has 0 N–H and O–H groups in total. The molecule has 0 aromatic heterocycles. The van der Waals surface area contributed by atoms with Crippen LogP contribution in [0.3, 0.4) is 0 Å². The minimum absolute atomic E-state index is 0.300. The SMILES string of the molecule is CC[C@@H](CN(C)C(C)C)CC(C)(CC)N(C)S(C)(=O)=O. The van der Waals surface area contributed by atoms with Gasteiger partial charge >= 0.3 is 0 Å². The Morgan fingerprint density at radius 2 is 1.65 bits per heavy atom. The minimum atomic E-state index is -3.15. The lowest BCUT2D eigenvalue weighted by Crippen LogP contribution is -2.48. The molecule has 1 unspecified atom stereocenters. The first-order valence-electron chi connectivity index (χ1n) is 7.62. The van der Waals surface area contributed by atoms with E-state index in [1.807, 2.05) is 0 Å². The Hall–Kier alpha value is -0.130. The standard InChI is InChI=1S/C15H34N2O2S/c1-9-14(12-16(6)13(3)4)11-15(5,10-2)17(7)20(8,18)19/h13-14H,9-12H2,1-8H3/t14-,15?/m1/s1. The topological polar surface area (TPSA) is 40.6 Å². The van der Waals surface area contributed by atoms with Crippen LogP contribution in [-0.4, -0.2) is 56.1 Å². The van der Waals surface area contributed by atoms with Crippen LogP contribution in [0.4, 0.5) is 0 Å². The molecular weight excluding hydrogens is 272 g/mol. The molecular formula is C15H34N2O2S. The fourth-order valence-corrected chi connectivity index (χ4v) is 3.48. The molecule has 0 bridgehead atoms. The van der Waals surface area contributed by atoms with Crippen molar-refractivity contribution in [2.75, 3.05) is 26.9 Å². The summed E-state index contributed by atoms with van der Waals surface area (Å²) < 4.78 is 25.3. The summed E-state index contributed by atoms with van der Waals surface area (Å²) in [5, 5.41) is 0. The van der Waals surface area contributed by atoms with Gasteiger partial charge < -0.3 is 4.90 Å². The number of rotatable bonds is 9. The third-order valence-corrected chi connectivity index (χ3v) is 6.19. The number of nitrogens with zero attached hydrogens (tertiary/aromatic N) is 2. The summed E-state index contributed by atoms with van der Waals surface area (Å²) in [4.78, 5) is 2.34. The average molecular weight is 307 g/mol. The Morgan fingerprint density at radius 3 is 1.95 bits per heavy atom. The van der Waals surface area contributed by atoms with Crippen molar-refractivity contribution in [1.29, 1.82) is 0 Å². The van der Waals surface area contributed by atoms with Crippen LogP contribution in [0, 0.1) is 5.92 Å². The van der Waals surface area contributed by atoms with E-state index in [9.17, 15) is 8.42 Å². The monoisotopic (exact) mass is 306 g/mol. The third kappa shape index (κ3) is 5.70. The van der Waals surface area contributed by atoms with Crippen molar-refractivity contribution in [3.05, 3.63) is 0 Å². The molecule has 0 aliphatic rings. The van der Waals surface area contributed by atoms with Gasteiger partial charge in [0.1, 0.15) is 0 Å². The first-order valence-corrected chi connectivity index (χ1v) is 9.47. The summed E-state index contributed by atoms with van der Waals surface area (Å²) in [7, 11) is 0.690. The summed E-state index contributed by atoms with van der Waals surface area (Å²) in [5.41, 5.74) is -0.300. The number of hydrogen-bond acceptors (Lipinski definition) is 3. The molecule has 0 amide bonds. The molecule has 20 heavy (non-hydrogen) atoms. The molecule has 0 radical (unpaired) electrons. The highest BCUT2D eigenvalue weighted by atomic mass is 32.2. The summed E-state index contributed by atoms with van der Waals surface area (Å²) in [5.74, 6) is 0.511. The van der Waals surface area contributed by atoms with Gasteiger partial charge in [0.05, 0.1) is 6.26 Å². The molecule has 0 heterocycles. The zero-order valence-electron chi connectivity index (χ0n) is 14.6. The van der Waals surface area contributed by atoms with Crippen LogP contribution < -0.4 is 0 Å². The molecule has 0 rings (SSSR count). The summed E-state index contributed by atoms with van der Waals surface area (Å²) in [6, 6.07) is 0.518. The first kappa shape index (κ1) is 19.9. The van der Waals surface area contributed by atoms with Crippen LogP contribution in [0.25, 0.3) is 0 Å². The normalized spacial score (nSPS) is 17.8. The summed E-state index contributed by atoms with van der Waals surface area (Å²) >= 11 is 0. The zero-order chi connectivity index (χ0) is 16.1. The lowest BCUT2D eigenvalue weighted by Gasteiger charge is -2.40. The van der Waals surface area contributed by atoms with Gasteiger partial charge in [-0.3, -0.25) is 0 Å². The van der Waals surface area contributed by atoms with E-state index in [4.69, 9.17) is 0 Å². The second-order valence-corrected chi connectivity index (χ2v) is 8.61. The first-order chi connectivity index (χ1) is 8.97. The van der Waals surface area contributed by atoms with Crippen LogP contribution in [0.15, 0.2) is 0 Å². The quantitative estimate of drug-likeness (QED) is 0.658. The maximum Gasteiger partial charge on any atom is 0.211 e. The van der Waals surface area contributed by atoms with Gasteiger partial charge in [0.25, 0.3) is 0 Å². The maximum absolute atomic E-state index is 11.9. The van der Waals surface area contributed by atoms with Gasteiger partial charge in [-0.05, 0) is 46.6 Å². The van der Waals surface area contributed by atoms with Gasteiger partial charge in [-0.25, -0.2) is 8.42 Å². The molecule has 4 nitrogen and oxygen atoms in total. The average Bonchev–Trinajstić information content (AvgIpc) is 2.35. The van der Waals surface area contributed by atoms with E-state index in [-0.39, 0.29) is 5.54 Å². The smallest absolute Gasteiger partial charge is 0.211 e. The molecule has 0 aliphatic heterocycles. The molecule has 0 aromatic rings. The molecule has 5 heteroatoms. The van der Waals surface area contributed by atoms with Gasteiger partial charge in [-0.1, -0.05) is 20.3 Å². The van der Waals surface area contributed by atoms with Crippen LogP contribution in [0.5, 0.6) is 0 Å². The Bertz CT molecular complexity index is 381. The van der Waals surface area contributed by atoms with Gasteiger partial charge in [0.2, 0.25) is 10.0 Å². The highest BCUT2D eigenvalue weighted by Crippen LogP contribution is 2.30. The van der Waals surface area contributed by atoms with E-state index in [0.29, 0.717) is 12.0 Å². The predicted octanol–water partition coefficient (Wildman–Crippen LogP) is 2.80. The van der Waals surface area contributed by atoms with Crippen molar-refractivity contribution in [1.82, 2.24) is 9.21 Å². The summed E-state index contributed by atoms with van der Waals surface area (Å²) in [6.45, 7) is 11.7. The van der Waals surface area contributed by atoms with E-state index < -0.39 is 10.0 Å².